The number of aromatic amines is 1. The summed E-state index contributed by atoms with van der Waals surface area (Å²) in [4.78, 5) is 32.0. The van der Waals surface area contributed by atoms with Crippen molar-refractivity contribution < 1.29 is 18.4 Å². The summed E-state index contributed by atoms with van der Waals surface area (Å²) in [7, 11) is 1.58. The fourth-order valence-corrected chi connectivity index (χ4v) is 3.28. The molecular formula is C22H21N3O5. The first-order chi connectivity index (χ1) is 14.5. The first kappa shape index (κ1) is 19.5. The first-order valence-corrected chi connectivity index (χ1v) is 9.49. The molecule has 3 aromatic heterocycles. The van der Waals surface area contributed by atoms with E-state index in [1.807, 2.05) is 12.1 Å². The molecule has 0 aliphatic heterocycles. The number of amides is 1. The zero-order chi connectivity index (χ0) is 21.1. The zero-order valence-corrected chi connectivity index (χ0v) is 16.7. The van der Waals surface area contributed by atoms with E-state index in [2.05, 4.69) is 15.3 Å². The van der Waals surface area contributed by atoms with E-state index in [4.69, 9.17) is 13.6 Å². The summed E-state index contributed by atoms with van der Waals surface area (Å²) < 4.78 is 16.8. The smallest absolute Gasteiger partial charge is 0.228 e. The molecule has 0 saturated carbocycles. The highest BCUT2D eigenvalue weighted by atomic mass is 16.5. The number of furan rings is 1. The lowest BCUT2D eigenvalue weighted by Gasteiger charge is -2.06. The van der Waals surface area contributed by atoms with Gasteiger partial charge in [0.25, 0.3) is 0 Å². The lowest BCUT2D eigenvalue weighted by atomic mass is 10.1. The summed E-state index contributed by atoms with van der Waals surface area (Å²) >= 11 is 0. The Morgan fingerprint density at radius 3 is 2.70 bits per heavy atom. The molecule has 0 radical (unpaired) electrons. The van der Waals surface area contributed by atoms with Gasteiger partial charge in [0.1, 0.15) is 17.3 Å². The van der Waals surface area contributed by atoms with Crippen molar-refractivity contribution in [3.05, 3.63) is 70.1 Å². The highest BCUT2D eigenvalue weighted by Crippen LogP contribution is 2.34. The minimum atomic E-state index is -0.283. The molecule has 1 aromatic carbocycles. The quantitative estimate of drug-likeness (QED) is 0.487. The van der Waals surface area contributed by atoms with Crippen LogP contribution in [-0.2, 0) is 17.6 Å². The van der Waals surface area contributed by atoms with E-state index in [9.17, 15) is 9.59 Å². The molecule has 8 nitrogen and oxygen atoms in total. The summed E-state index contributed by atoms with van der Waals surface area (Å²) in [6.07, 6.45) is 3.97. The molecule has 8 heteroatoms. The maximum atomic E-state index is 12.6. The molecule has 0 aliphatic rings. The van der Waals surface area contributed by atoms with Crippen LogP contribution >= 0.6 is 0 Å². The number of fused-ring (bicyclic) bond motifs is 1. The van der Waals surface area contributed by atoms with Gasteiger partial charge in [-0.2, -0.15) is 0 Å². The number of nitrogens with one attached hydrogen (secondary N) is 2. The van der Waals surface area contributed by atoms with Crippen LogP contribution in [0.4, 0.5) is 0 Å². The molecule has 2 N–H and O–H groups in total. The molecule has 3 heterocycles. The third-order valence-corrected chi connectivity index (χ3v) is 4.74. The fraction of sp³-hybridized carbons (Fsp3) is 0.227. The van der Waals surface area contributed by atoms with E-state index in [0.29, 0.717) is 41.4 Å². The van der Waals surface area contributed by atoms with Crippen molar-refractivity contribution in [2.75, 3.05) is 13.7 Å². The van der Waals surface area contributed by atoms with Crippen LogP contribution in [0.2, 0.25) is 0 Å². The van der Waals surface area contributed by atoms with Crippen molar-refractivity contribution >= 4 is 17.1 Å². The largest absolute Gasteiger partial charge is 0.497 e. The second-order valence-corrected chi connectivity index (χ2v) is 6.87. The Bertz CT molecular complexity index is 1220. The van der Waals surface area contributed by atoms with E-state index in [1.165, 1.54) is 6.07 Å². The van der Waals surface area contributed by atoms with E-state index in [0.717, 1.165) is 11.3 Å². The van der Waals surface area contributed by atoms with Gasteiger partial charge in [0.05, 0.1) is 25.4 Å². The average Bonchev–Trinajstić information content (AvgIpc) is 3.37. The predicted octanol–water partition coefficient (Wildman–Crippen LogP) is 2.99. The fourth-order valence-electron chi connectivity index (χ4n) is 3.28. The van der Waals surface area contributed by atoms with Gasteiger partial charge < -0.3 is 23.9 Å². The van der Waals surface area contributed by atoms with Crippen LogP contribution < -0.4 is 15.5 Å². The molecule has 0 saturated heterocycles. The Balaban J connectivity index is 1.65. The second-order valence-electron chi connectivity index (χ2n) is 6.87. The van der Waals surface area contributed by atoms with E-state index >= 15 is 0 Å². The molecule has 0 spiro atoms. The van der Waals surface area contributed by atoms with Crippen molar-refractivity contribution in [1.29, 1.82) is 0 Å². The highest BCUT2D eigenvalue weighted by Gasteiger charge is 2.22. The van der Waals surface area contributed by atoms with E-state index < -0.39 is 0 Å². The Hall–Kier alpha value is -3.81. The molecule has 4 rings (SSSR count). The maximum Gasteiger partial charge on any atom is 0.228 e. The molecule has 30 heavy (non-hydrogen) atoms. The van der Waals surface area contributed by atoms with Crippen LogP contribution in [0.15, 0.2) is 56.5 Å². The number of methoxy groups -OCH3 is 1. The van der Waals surface area contributed by atoms with Crippen LogP contribution in [0.5, 0.6) is 5.75 Å². The van der Waals surface area contributed by atoms with Gasteiger partial charge in [0.15, 0.2) is 5.58 Å². The highest BCUT2D eigenvalue weighted by molar-refractivity contribution is 5.90. The summed E-state index contributed by atoms with van der Waals surface area (Å²) in [5.74, 6) is 1.38. The summed E-state index contributed by atoms with van der Waals surface area (Å²) in [5, 5.41) is 2.88. The van der Waals surface area contributed by atoms with Crippen molar-refractivity contribution in [3.8, 4) is 17.1 Å². The van der Waals surface area contributed by atoms with Crippen LogP contribution in [0, 0.1) is 6.92 Å². The number of hydrogen-bond acceptors (Lipinski definition) is 6. The Morgan fingerprint density at radius 2 is 2.00 bits per heavy atom. The molecule has 0 aliphatic carbocycles. The van der Waals surface area contributed by atoms with Crippen molar-refractivity contribution in [2.24, 2.45) is 0 Å². The van der Waals surface area contributed by atoms with E-state index in [1.54, 1.807) is 38.7 Å². The van der Waals surface area contributed by atoms with Gasteiger partial charge in [-0.15, -0.1) is 0 Å². The summed E-state index contributed by atoms with van der Waals surface area (Å²) in [6, 6.07) is 8.58. The number of carbonyl (C=O) groups is 1. The Labute approximate surface area is 171 Å². The Kier molecular flexibility index (Phi) is 5.38. The van der Waals surface area contributed by atoms with Crippen molar-refractivity contribution in [3.63, 3.8) is 0 Å². The van der Waals surface area contributed by atoms with Gasteiger partial charge in [0.2, 0.25) is 16.9 Å². The molecular weight excluding hydrogens is 386 g/mol. The summed E-state index contributed by atoms with van der Waals surface area (Å²) in [6.45, 7) is 2.15. The molecule has 1 amide bonds. The number of aromatic nitrogens is 2. The molecule has 0 bridgehead atoms. The predicted molar refractivity (Wildman–Crippen MR) is 110 cm³/mol. The van der Waals surface area contributed by atoms with Gasteiger partial charge in [-0.1, -0.05) is 0 Å². The van der Waals surface area contributed by atoms with Crippen molar-refractivity contribution in [1.82, 2.24) is 15.3 Å². The number of aryl methyl sites for hydroxylation is 1. The molecule has 0 unspecified atom stereocenters. The Morgan fingerprint density at radius 1 is 1.20 bits per heavy atom. The van der Waals surface area contributed by atoms with Crippen LogP contribution in [0.25, 0.3) is 22.5 Å². The molecule has 154 valence electrons. The topological polar surface area (TPSA) is 110 Å². The normalized spacial score (nSPS) is 11.0. The monoisotopic (exact) mass is 407 g/mol. The third-order valence-electron chi connectivity index (χ3n) is 4.74. The van der Waals surface area contributed by atoms with Crippen LogP contribution in [-0.4, -0.2) is 29.5 Å². The number of carbonyl (C=O) groups excluding carboxylic acids is 1. The first-order valence-electron chi connectivity index (χ1n) is 9.49. The van der Waals surface area contributed by atoms with Crippen LogP contribution in [0.3, 0.4) is 0 Å². The lowest BCUT2D eigenvalue weighted by Crippen LogP contribution is -2.27. The minimum Gasteiger partial charge on any atom is -0.497 e. The minimum absolute atomic E-state index is 0.0176. The van der Waals surface area contributed by atoms with Gasteiger partial charge >= 0.3 is 0 Å². The average molecular weight is 407 g/mol. The van der Waals surface area contributed by atoms with Gasteiger partial charge in [0, 0.05) is 36.5 Å². The molecule has 4 aromatic rings. The second kappa shape index (κ2) is 8.28. The maximum absolute atomic E-state index is 12.6. The lowest BCUT2D eigenvalue weighted by molar-refractivity contribution is -0.120. The number of H-pyrrole nitrogens is 1. The number of ether oxygens (including phenoxy) is 1. The van der Waals surface area contributed by atoms with Gasteiger partial charge in [-0.25, -0.2) is 4.98 Å². The number of rotatable bonds is 7. The molecule has 0 fully saturated rings. The van der Waals surface area contributed by atoms with Gasteiger partial charge in [-0.3, -0.25) is 9.59 Å². The standard InChI is InChI=1S/C22H21N3O5/c1-13-9-18(26)22-21(29-13)17(10-19(27)24-8-7-15-11-23-12-25-15)20(30-22)14-3-5-16(28-2)6-4-14/h3-6,9,11-12H,7-8,10H2,1-2H3,(H,23,25)(H,24,27). The van der Waals surface area contributed by atoms with E-state index in [-0.39, 0.29) is 23.3 Å². The van der Waals surface area contributed by atoms with Gasteiger partial charge in [-0.05, 0) is 31.2 Å². The van der Waals surface area contributed by atoms with Crippen LogP contribution in [0.1, 0.15) is 17.0 Å². The number of nitrogens with zero attached hydrogens (tertiary/aromatic N) is 1. The number of hydrogen-bond donors (Lipinski definition) is 2. The zero-order valence-electron chi connectivity index (χ0n) is 16.7. The third kappa shape index (κ3) is 3.98. The molecule has 0 atom stereocenters. The summed E-state index contributed by atoms with van der Waals surface area (Å²) in [5.41, 5.74) is 2.31. The SMILES string of the molecule is COc1ccc(-c2oc3c(=O)cc(C)oc3c2CC(=O)NCCc2cnc[nH]2)cc1. The van der Waals surface area contributed by atoms with Crippen molar-refractivity contribution in [2.45, 2.75) is 19.8 Å². The number of imidazole rings is 1. The number of benzene rings is 1.